The number of aromatic amines is 1. The van der Waals surface area contributed by atoms with E-state index in [1.54, 1.807) is 11.3 Å². The molecule has 3 aromatic heterocycles. The molecule has 2 N–H and O–H groups in total. The highest BCUT2D eigenvalue weighted by Crippen LogP contribution is 2.42. The maximum Gasteiger partial charge on any atom is 0.432 e. The first kappa shape index (κ1) is 23.0. The number of halogens is 3. The molecule has 188 valence electrons. The predicted octanol–water partition coefficient (Wildman–Crippen LogP) is 4.69. The van der Waals surface area contributed by atoms with Gasteiger partial charge in [-0.1, -0.05) is 0 Å². The highest BCUT2D eigenvalue weighted by molar-refractivity contribution is 7.19. The van der Waals surface area contributed by atoms with Gasteiger partial charge in [-0.05, 0) is 50.5 Å². The molecule has 0 unspecified atom stereocenters. The number of fused-ring (bicyclic) bond motifs is 3. The first-order valence-electron chi connectivity index (χ1n) is 12.1. The van der Waals surface area contributed by atoms with Crippen molar-refractivity contribution < 1.29 is 22.6 Å². The minimum Gasteiger partial charge on any atom is -0.474 e. The molecule has 35 heavy (non-hydrogen) atoms. The van der Waals surface area contributed by atoms with Crippen LogP contribution in [0.1, 0.15) is 48.2 Å². The molecule has 0 radical (unpaired) electrons. The standard InChI is InChI=1S/C23H27F3N6O2S/c24-23(25,26)17-12-18(31-30-17)27-22-28-20(19-15-2-1-3-16(15)35-21(19)29-22)34-14-6-4-13(5-7-14)32-8-10-33-11-9-32/h12-14H,1-11H2,(H2,27,28,29,30,31). The number of nitrogens with one attached hydrogen (secondary N) is 2. The summed E-state index contributed by atoms with van der Waals surface area (Å²) in [5, 5.41) is 9.52. The van der Waals surface area contributed by atoms with Gasteiger partial charge in [0, 0.05) is 30.1 Å². The van der Waals surface area contributed by atoms with Gasteiger partial charge in [0.2, 0.25) is 11.8 Å². The van der Waals surface area contributed by atoms with Crippen molar-refractivity contribution in [3.05, 3.63) is 22.2 Å². The van der Waals surface area contributed by atoms with E-state index in [1.807, 2.05) is 5.10 Å². The molecule has 6 rings (SSSR count). The van der Waals surface area contributed by atoms with E-state index in [0.717, 1.165) is 87.5 Å². The van der Waals surface area contributed by atoms with Gasteiger partial charge in [0.15, 0.2) is 5.82 Å². The lowest BCUT2D eigenvalue weighted by atomic mass is 9.91. The SMILES string of the molecule is FC(F)(F)c1cc(Nc2nc(OC3CCC(N4CCOCC4)CC3)c3c4c(sc3n2)CCC4)n[nH]1. The summed E-state index contributed by atoms with van der Waals surface area (Å²) in [6.07, 6.45) is 2.66. The molecule has 3 aliphatic rings. The van der Waals surface area contributed by atoms with Crippen LogP contribution in [0.15, 0.2) is 6.07 Å². The van der Waals surface area contributed by atoms with Gasteiger partial charge in [-0.2, -0.15) is 23.3 Å². The Morgan fingerprint density at radius 2 is 1.91 bits per heavy atom. The number of alkyl halides is 3. The van der Waals surface area contributed by atoms with Crippen LogP contribution in [-0.2, 0) is 23.8 Å². The number of anilines is 2. The van der Waals surface area contributed by atoms with E-state index in [0.29, 0.717) is 11.9 Å². The van der Waals surface area contributed by atoms with Crippen LogP contribution in [0.4, 0.5) is 24.9 Å². The van der Waals surface area contributed by atoms with Crippen molar-refractivity contribution >= 4 is 33.3 Å². The molecule has 1 saturated heterocycles. The molecule has 8 nitrogen and oxygen atoms in total. The van der Waals surface area contributed by atoms with Crippen molar-refractivity contribution in [1.82, 2.24) is 25.1 Å². The second-order valence-electron chi connectivity index (χ2n) is 9.38. The Kier molecular flexibility index (Phi) is 6.05. The summed E-state index contributed by atoms with van der Waals surface area (Å²) in [7, 11) is 0. The number of aromatic nitrogens is 4. The van der Waals surface area contributed by atoms with Crippen molar-refractivity contribution in [2.75, 3.05) is 31.6 Å². The summed E-state index contributed by atoms with van der Waals surface area (Å²) >= 11 is 1.62. The van der Waals surface area contributed by atoms with Gasteiger partial charge in [0.05, 0.1) is 18.6 Å². The second kappa shape index (κ2) is 9.21. The molecule has 0 aromatic carbocycles. The lowest BCUT2D eigenvalue weighted by Gasteiger charge is -2.38. The second-order valence-corrected chi connectivity index (χ2v) is 10.5. The maximum atomic E-state index is 13.0. The van der Waals surface area contributed by atoms with Crippen LogP contribution in [-0.4, -0.2) is 63.5 Å². The van der Waals surface area contributed by atoms with Crippen LogP contribution in [0.2, 0.25) is 0 Å². The van der Waals surface area contributed by atoms with Crippen molar-refractivity contribution in [3.8, 4) is 5.88 Å². The molecule has 1 aliphatic heterocycles. The Balaban J connectivity index is 1.23. The Bertz CT molecular complexity index is 1200. The summed E-state index contributed by atoms with van der Waals surface area (Å²) in [6.45, 7) is 3.58. The molecule has 2 aliphatic carbocycles. The van der Waals surface area contributed by atoms with Crippen molar-refractivity contribution in [2.24, 2.45) is 0 Å². The van der Waals surface area contributed by atoms with Gasteiger partial charge in [0.1, 0.15) is 16.6 Å². The zero-order valence-corrected chi connectivity index (χ0v) is 20.0. The Hall–Kier alpha value is -2.44. The number of H-pyrrole nitrogens is 1. The fourth-order valence-electron chi connectivity index (χ4n) is 5.38. The first-order chi connectivity index (χ1) is 16.9. The average molecular weight is 509 g/mol. The summed E-state index contributed by atoms with van der Waals surface area (Å²) in [5.74, 6) is 0.727. The van der Waals surface area contributed by atoms with E-state index in [1.165, 1.54) is 10.4 Å². The highest BCUT2D eigenvalue weighted by Gasteiger charge is 2.33. The minimum absolute atomic E-state index is 0.0118. The van der Waals surface area contributed by atoms with Crippen LogP contribution in [0, 0.1) is 0 Å². The number of morpholine rings is 1. The lowest BCUT2D eigenvalue weighted by Crippen LogP contribution is -2.46. The number of rotatable bonds is 5. The smallest absolute Gasteiger partial charge is 0.432 e. The molecule has 3 aromatic rings. The third-order valence-corrected chi connectivity index (χ3v) is 8.32. The van der Waals surface area contributed by atoms with Crippen LogP contribution in [0.3, 0.4) is 0 Å². The third kappa shape index (κ3) is 4.70. The fraction of sp³-hybridized carbons (Fsp3) is 0.609. The van der Waals surface area contributed by atoms with E-state index in [2.05, 4.69) is 25.3 Å². The van der Waals surface area contributed by atoms with E-state index in [4.69, 9.17) is 9.47 Å². The minimum atomic E-state index is -4.50. The molecular weight excluding hydrogens is 481 g/mol. The maximum absolute atomic E-state index is 13.0. The van der Waals surface area contributed by atoms with Crippen LogP contribution in [0.25, 0.3) is 10.2 Å². The first-order valence-corrected chi connectivity index (χ1v) is 13.0. The van der Waals surface area contributed by atoms with Crippen LogP contribution >= 0.6 is 11.3 Å². The predicted molar refractivity (Wildman–Crippen MR) is 125 cm³/mol. The monoisotopic (exact) mass is 508 g/mol. The zero-order valence-electron chi connectivity index (χ0n) is 19.2. The van der Waals surface area contributed by atoms with E-state index < -0.39 is 11.9 Å². The number of thiophene rings is 1. The van der Waals surface area contributed by atoms with Crippen molar-refractivity contribution in [3.63, 3.8) is 0 Å². The van der Waals surface area contributed by atoms with Gasteiger partial charge >= 0.3 is 6.18 Å². The fourth-order valence-corrected chi connectivity index (χ4v) is 6.63. The number of aryl methyl sites for hydroxylation is 2. The summed E-state index contributed by atoms with van der Waals surface area (Å²) < 4.78 is 50.8. The highest BCUT2D eigenvalue weighted by atomic mass is 32.1. The zero-order chi connectivity index (χ0) is 24.0. The number of nitrogens with zero attached hydrogens (tertiary/aromatic N) is 4. The normalized spacial score (nSPS) is 23.5. The van der Waals surface area contributed by atoms with E-state index >= 15 is 0 Å². The van der Waals surface area contributed by atoms with Gasteiger partial charge in [-0.25, -0.2) is 4.98 Å². The van der Waals surface area contributed by atoms with Crippen LogP contribution in [0.5, 0.6) is 5.88 Å². The van der Waals surface area contributed by atoms with Gasteiger partial charge in [-0.3, -0.25) is 10.00 Å². The van der Waals surface area contributed by atoms with Crippen molar-refractivity contribution in [2.45, 2.75) is 63.3 Å². The molecular formula is C23H27F3N6O2S. The molecule has 2 fully saturated rings. The Labute approximate surface area is 204 Å². The van der Waals surface area contributed by atoms with Crippen LogP contribution < -0.4 is 10.1 Å². The van der Waals surface area contributed by atoms with Crippen molar-refractivity contribution in [1.29, 1.82) is 0 Å². The molecule has 0 atom stereocenters. The molecule has 12 heteroatoms. The van der Waals surface area contributed by atoms with Gasteiger partial charge in [-0.15, -0.1) is 11.3 Å². The van der Waals surface area contributed by atoms with E-state index in [9.17, 15) is 13.2 Å². The van der Waals surface area contributed by atoms with Gasteiger partial charge in [0.25, 0.3) is 0 Å². The Morgan fingerprint density at radius 1 is 1.11 bits per heavy atom. The summed E-state index contributed by atoms with van der Waals surface area (Å²) in [4.78, 5) is 13.8. The number of ether oxygens (including phenoxy) is 2. The quantitative estimate of drug-likeness (QED) is 0.517. The lowest BCUT2D eigenvalue weighted by molar-refractivity contribution is -0.141. The molecule has 0 amide bonds. The number of hydrogen-bond acceptors (Lipinski definition) is 8. The average Bonchev–Trinajstić information content (AvgIpc) is 3.56. The largest absolute Gasteiger partial charge is 0.474 e. The third-order valence-electron chi connectivity index (χ3n) is 7.14. The van der Waals surface area contributed by atoms with E-state index in [-0.39, 0.29) is 17.9 Å². The summed E-state index contributed by atoms with van der Waals surface area (Å²) in [6, 6.07) is 1.48. The molecule has 1 saturated carbocycles. The topological polar surface area (TPSA) is 88.2 Å². The number of hydrogen-bond donors (Lipinski definition) is 2. The van der Waals surface area contributed by atoms with Gasteiger partial charge < -0.3 is 14.8 Å². The molecule has 0 spiro atoms. The Morgan fingerprint density at radius 3 is 2.66 bits per heavy atom. The molecule has 4 heterocycles. The molecule has 0 bridgehead atoms. The summed E-state index contributed by atoms with van der Waals surface area (Å²) in [5.41, 5.74) is 0.331.